The summed E-state index contributed by atoms with van der Waals surface area (Å²) in [7, 11) is 1.98. The molecule has 0 aliphatic rings. The predicted molar refractivity (Wildman–Crippen MR) is 67.1 cm³/mol. The molecule has 0 fully saturated rings. The predicted octanol–water partition coefficient (Wildman–Crippen LogP) is 1.90. The molecule has 0 atom stereocenters. The van der Waals surface area contributed by atoms with Gasteiger partial charge >= 0.3 is 0 Å². The van der Waals surface area contributed by atoms with Gasteiger partial charge in [-0.25, -0.2) is 0 Å². The van der Waals surface area contributed by atoms with Crippen molar-refractivity contribution in [2.75, 3.05) is 18.1 Å². The molecule has 0 saturated carbocycles. The van der Waals surface area contributed by atoms with E-state index in [0.717, 1.165) is 19.0 Å². The molecule has 0 spiro atoms. The fourth-order valence-electron chi connectivity index (χ4n) is 1.25. The van der Waals surface area contributed by atoms with Crippen LogP contribution in [0.2, 0.25) is 0 Å². The molecule has 1 rings (SSSR count). The largest absolute Gasteiger partial charge is 0.310 e. The first-order chi connectivity index (χ1) is 7.20. The molecule has 15 heavy (non-hydrogen) atoms. The van der Waals surface area contributed by atoms with Gasteiger partial charge in [-0.1, -0.05) is 13.8 Å². The second-order valence-corrected chi connectivity index (χ2v) is 5.24. The van der Waals surface area contributed by atoms with Gasteiger partial charge in [-0.05, 0) is 17.7 Å². The summed E-state index contributed by atoms with van der Waals surface area (Å²) in [4.78, 5) is 0. The van der Waals surface area contributed by atoms with E-state index in [1.807, 2.05) is 35.8 Å². The highest BCUT2D eigenvalue weighted by atomic mass is 32.2. The van der Waals surface area contributed by atoms with Crippen molar-refractivity contribution in [1.82, 2.24) is 15.1 Å². The van der Waals surface area contributed by atoms with E-state index < -0.39 is 0 Å². The van der Waals surface area contributed by atoms with Crippen LogP contribution >= 0.6 is 11.8 Å². The Balaban J connectivity index is 2.00. The highest BCUT2D eigenvalue weighted by Crippen LogP contribution is 2.06. The number of nitrogens with one attached hydrogen (secondary N) is 1. The van der Waals surface area contributed by atoms with Crippen molar-refractivity contribution in [1.29, 1.82) is 0 Å². The highest BCUT2D eigenvalue weighted by Gasteiger charge is 1.97. The maximum Gasteiger partial charge on any atom is 0.0518 e. The third-order valence-corrected chi connectivity index (χ3v) is 3.50. The van der Waals surface area contributed by atoms with E-state index in [-0.39, 0.29) is 0 Å². The molecule has 0 bridgehead atoms. The number of hydrogen-bond acceptors (Lipinski definition) is 3. The first-order valence-corrected chi connectivity index (χ1v) is 6.61. The normalized spacial score (nSPS) is 11.2. The van der Waals surface area contributed by atoms with Crippen LogP contribution in [0.3, 0.4) is 0 Å². The van der Waals surface area contributed by atoms with E-state index >= 15 is 0 Å². The lowest BCUT2D eigenvalue weighted by atomic mass is 10.3. The zero-order valence-electron chi connectivity index (χ0n) is 9.86. The molecule has 4 heteroatoms. The first kappa shape index (κ1) is 12.6. The highest BCUT2D eigenvalue weighted by molar-refractivity contribution is 7.99. The van der Waals surface area contributed by atoms with Gasteiger partial charge in [0, 0.05) is 32.1 Å². The van der Waals surface area contributed by atoms with E-state index in [9.17, 15) is 0 Å². The third-order valence-electron chi connectivity index (χ3n) is 2.10. The minimum atomic E-state index is 0.798. The van der Waals surface area contributed by atoms with E-state index in [1.54, 1.807) is 0 Å². The maximum atomic E-state index is 4.13. The average Bonchev–Trinajstić information content (AvgIpc) is 2.57. The van der Waals surface area contributed by atoms with Crippen LogP contribution in [-0.2, 0) is 13.6 Å². The summed E-state index contributed by atoms with van der Waals surface area (Å²) in [5, 5.41) is 7.55. The molecule has 1 heterocycles. The first-order valence-electron chi connectivity index (χ1n) is 5.45. The van der Waals surface area contributed by atoms with Crippen LogP contribution in [0.1, 0.15) is 19.5 Å². The molecule has 3 nitrogen and oxygen atoms in total. The van der Waals surface area contributed by atoms with Crippen molar-refractivity contribution in [3.8, 4) is 0 Å². The summed E-state index contributed by atoms with van der Waals surface area (Å²) in [5.74, 6) is 3.25. The molecule has 1 aromatic rings. The van der Waals surface area contributed by atoms with Gasteiger partial charge in [0.15, 0.2) is 0 Å². The maximum absolute atomic E-state index is 4.13. The number of aromatic nitrogens is 2. The molecular formula is C11H21N3S. The molecule has 0 aliphatic carbocycles. The lowest BCUT2D eigenvalue weighted by molar-refractivity contribution is 0.644. The summed E-state index contributed by atoms with van der Waals surface area (Å²) in [6, 6.07) is 2.05. The van der Waals surface area contributed by atoms with Crippen molar-refractivity contribution in [2.24, 2.45) is 13.0 Å². The Morgan fingerprint density at radius 1 is 1.53 bits per heavy atom. The Bertz CT molecular complexity index is 271. The van der Waals surface area contributed by atoms with Crippen molar-refractivity contribution < 1.29 is 0 Å². The van der Waals surface area contributed by atoms with E-state index in [0.29, 0.717) is 0 Å². The van der Waals surface area contributed by atoms with Crippen LogP contribution in [0.15, 0.2) is 12.3 Å². The molecule has 0 radical (unpaired) electrons. The van der Waals surface area contributed by atoms with Gasteiger partial charge < -0.3 is 5.32 Å². The summed E-state index contributed by atoms with van der Waals surface area (Å²) >= 11 is 2.02. The zero-order valence-corrected chi connectivity index (χ0v) is 10.7. The Morgan fingerprint density at radius 2 is 2.33 bits per heavy atom. The van der Waals surface area contributed by atoms with Gasteiger partial charge in [0.2, 0.25) is 0 Å². The van der Waals surface area contributed by atoms with Crippen LogP contribution in [-0.4, -0.2) is 27.8 Å². The summed E-state index contributed by atoms with van der Waals surface area (Å²) in [6.07, 6.45) is 1.84. The average molecular weight is 227 g/mol. The van der Waals surface area contributed by atoms with E-state index in [2.05, 4.69) is 24.3 Å². The van der Waals surface area contributed by atoms with Gasteiger partial charge in [-0.15, -0.1) is 0 Å². The van der Waals surface area contributed by atoms with Crippen LogP contribution in [0.25, 0.3) is 0 Å². The van der Waals surface area contributed by atoms with E-state index in [1.165, 1.54) is 17.2 Å². The minimum Gasteiger partial charge on any atom is -0.310 e. The summed E-state index contributed by atoms with van der Waals surface area (Å²) in [5.41, 5.74) is 1.24. The fourth-order valence-corrected chi connectivity index (χ4v) is 2.18. The lowest BCUT2D eigenvalue weighted by Gasteiger charge is -2.06. The second-order valence-electron chi connectivity index (χ2n) is 4.09. The van der Waals surface area contributed by atoms with Crippen molar-refractivity contribution in [3.05, 3.63) is 18.0 Å². The summed E-state index contributed by atoms with van der Waals surface area (Å²) in [6.45, 7) is 6.51. The Kier molecular flexibility index (Phi) is 5.79. The second kappa shape index (κ2) is 6.90. The lowest BCUT2D eigenvalue weighted by Crippen LogP contribution is -2.18. The number of aryl methyl sites for hydroxylation is 1. The molecule has 0 saturated heterocycles. The third kappa shape index (κ3) is 5.23. The Hall–Kier alpha value is -0.480. The van der Waals surface area contributed by atoms with Crippen LogP contribution in [0.5, 0.6) is 0 Å². The standard InChI is InChI=1S/C11H21N3S/c1-10(2)9-15-7-6-12-8-11-4-5-13-14(11)3/h4-5,10,12H,6-9H2,1-3H3. The molecule has 0 amide bonds. The van der Waals surface area contributed by atoms with E-state index in [4.69, 9.17) is 0 Å². The van der Waals surface area contributed by atoms with Gasteiger partial charge in [-0.2, -0.15) is 16.9 Å². The van der Waals surface area contributed by atoms with Gasteiger partial charge in [0.1, 0.15) is 0 Å². The fraction of sp³-hybridized carbons (Fsp3) is 0.727. The van der Waals surface area contributed by atoms with Crippen molar-refractivity contribution in [2.45, 2.75) is 20.4 Å². The van der Waals surface area contributed by atoms with Crippen molar-refractivity contribution in [3.63, 3.8) is 0 Å². The molecule has 0 unspecified atom stereocenters. The molecule has 86 valence electrons. The SMILES string of the molecule is CC(C)CSCCNCc1ccnn1C. The number of nitrogens with zero attached hydrogens (tertiary/aromatic N) is 2. The smallest absolute Gasteiger partial charge is 0.0518 e. The van der Waals surface area contributed by atoms with Crippen LogP contribution in [0, 0.1) is 5.92 Å². The van der Waals surface area contributed by atoms with Crippen molar-refractivity contribution >= 4 is 11.8 Å². The quantitative estimate of drug-likeness (QED) is 0.722. The van der Waals surface area contributed by atoms with Crippen LogP contribution in [0.4, 0.5) is 0 Å². The monoisotopic (exact) mass is 227 g/mol. The number of thioether (sulfide) groups is 1. The topological polar surface area (TPSA) is 29.9 Å². The molecular weight excluding hydrogens is 206 g/mol. The molecule has 1 N–H and O–H groups in total. The summed E-state index contributed by atoms with van der Waals surface area (Å²) < 4.78 is 1.91. The Morgan fingerprint density at radius 3 is 2.93 bits per heavy atom. The number of rotatable bonds is 7. The van der Waals surface area contributed by atoms with Gasteiger partial charge in [0.25, 0.3) is 0 Å². The van der Waals surface area contributed by atoms with Gasteiger partial charge in [0.05, 0.1) is 5.69 Å². The molecule has 1 aromatic heterocycles. The van der Waals surface area contributed by atoms with Crippen LogP contribution < -0.4 is 5.32 Å². The minimum absolute atomic E-state index is 0.798. The number of hydrogen-bond donors (Lipinski definition) is 1. The molecule has 0 aromatic carbocycles. The van der Waals surface area contributed by atoms with Gasteiger partial charge in [-0.3, -0.25) is 4.68 Å². The Labute approximate surface area is 96.6 Å². The molecule has 0 aliphatic heterocycles. The zero-order chi connectivity index (χ0) is 11.1.